The average molecular weight is 337 g/mol. The predicted octanol–water partition coefficient (Wildman–Crippen LogP) is 2.16. The van der Waals surface area contributed by atoms with Gasteiger partial charge < -0.3 is 10.6 Å². The lowest BCUT2D eigenvalue weighted by molar-refractivity contribution is -0.122. The summed E-state index contributed by atoms with van der Waals surface area (Å²) in [7, 11) is 0. The van der Waals surface area contributed by atoms with E-state index in [-0.39, 0.29) is 42.8 Å². The van der Waals surface area contributed by atoms with Crippen LogP contribution in [0.1, 0.15) is 43.6 Å². The van der Waals surface area contributed by atoms with Gasteiger partial charge in [-0.05, 0) is 46.2 Å². The molecule has 1 saturated heterocycles. The predicted molar refractivity (Wildman–Crippen MR) is 89.6 cm³/mol. The van der Waals surface area contributed by atoms with E-state index in [0.717, 1.165) is 37.3 Å². The standard InChI is InChI=1S/C14H24N4O.2ClH/c1-10-7-11(2)18(17-10)12(3)8-14(19)16-13-5-4-6-15-9-13;;/h7,12-13,15H,4-6,8-9H2,1-3H3,(H,16,19);2*1H/t12?,13-;;/m0../s1. The highest BCUT2D eigenvalue weighted by atomic mass is 35.5. The van der Waals surface area contributed by atoms with E-state index in [1.807, 2.05) is 31.5 Å². The summed E-state index contributed by atoms with van der Waals surface area (Å²) in [6.45, 7) is 8.00. The molecule has 0 spiro atoms. The Morgan fingerprint density at radius 1 is 1.52 bits per heavy atom. The Labute approximate surface area is 139 Å². The van der Waals surface area contributed by atoms with E-state index in [0.29, 0.717) is 6.42 Å². The molecule has 0 bridgehead atoms. The van der Waals surface area contributed by atoms with Crippen molar-refractivity contribution in [2.45, 2.75) is 52.1 Å². The van der Waals surface area contributed by atoms with E-state index in [4.69, 9.17) is 0 Å². The molecule has 0 aromatic carbocycles. The first-order valence-electron chi connectivity index (χ1n) is 7.09. The molecular weight excluding hydrogens is 311 g/mol. The molecule has 1 aliphatic rings. The molecule has 1 amide bonds. The number of aryl methyl sites for hydroxylation is 2. The summed E-state index contributed by atoms with van der Waals surface area (Å²) in [4.78, 5) is 12.0. The number of hydrogen-bond acceptors (Lipinski definition) is 3. The summed E-state index contributed by atoms with van der Waals surface area (Å²) in [6, 6.07) is 2.43. The molecule has 0 radical (unpaired) electrons. The lowest BCUT2D eigenvalue weighted by Gasteiger charge is -2.24. The monoisotopic (exact) mass is 336 g/mol. The van der Waals surface area contributed by atoms with Crippen LogP contribution in [0.3, 0.4) is 0 Å². The largest absolute Gasteiger partial charge is 0.352 e. The molecule has 122 valence electrons. The average Bonchev–Trinajstić information content (AvgIpc) is 2.69. The van der Waals surface area contributed by atoms with Gasteiger partial charge in [-0.2, -0.15) is 5.10 Å². The van der Waals surface area contributed by atoms with Gasteiger partial charge in [-0.15, -0.1) is 24.8 Å². The molecule has 1 aliphatic heterocycles. The van der Waals surface area contributed by atoms with Gasteiger partial charge in [-0.1, -0.05) is 0 Å². The molecule has 2 rings (SSSR count). The fraction of sp³-hybridized carbons (Fsp3) is 0.714. The number of aromatic nitrogens is 2. The van der Waals surface area contributed by atoms with Crippen LogP contribution < -0.4 is 10.6 Å². The number of carbonyl (C=O) groups is 1. The minimum atomic E-state index is 0. The van der Waals surface area contributed by atoms with E-state index in [9.17, 15) is 4.79 Å². The van der Waals surface area contributed by atoms with Gasteiger partial charge in [0.25, 0.3) is 0 Å². The molecule has 1 aromatic heterocycles. The van der Waals surface area contributed by atoms with Gasteiger partial charge in [0.1, 0.15) is 0 Å². The molecule has 1 aromatic rings. The van der Waals surface area contributed by atoms with Crippen molar-refractivity contribution >= 4 is 30.7 Å². The zero-order valence-electron chi connectivity index (χ0n) is 12.9. The smallest absolute Gasteiger partial charge is 0.222 e. The third-order valence-corrected chi connectivity index (χ3v) is 3.60. The van der Waals surface area contributed by atoms with Gasteiger partial charge in [0, 0.05) is 24.7 Å². The van der Waals surface area contributed by atoms with Crippen molar-refractivity contribution in [2.24, 2.45) is 0 Å². The summed E-state index contributed by atoms with van der Waals surface area (Å²) in [5.74, 6) is 0.119. The number of nitrogens with zero attached hydrogens (tertiary/aromatic N) is 2. The Hall–Kier alpha value is -0.780. The summed E-state index contributed by atoms with van der Waals surface area (Å²) < 4.78 is 1.94. The summed E-state index contributed by atoms with van der Waals surface area (Å²) in [5, 5.41) is 10.8. The molecule has 0 aliphatic carbocycles. The highest BCUT2D eigenvalue weighted by Gasteiger charge is 2.18. The summed E-state index contributed by atoms with van der Waals surface area (Å²) >= 11 is 0. The first-order chi connectivity index (χ1) is 9.06. The van der Waals surface area contributed by atoms with E-state index >= 15 is 0 Å². The molecule has 0 saturated carbocycles. The Bertz CT molecular complexity index is 444. The molecule has 2 N–H and O–H groups in total. The third-order valence-electron chi connectivity index (χ3n) is 3.60. The van der Waals surface area contributed by atoms with Crippen LogP contribution in [0.25, 0.3) is 0 Å². The third kappa shape index (κ3) is 5.85. The second-order valence-corrected chi connectivity index (χ2v) is 5.54. The van der Waals surface area contributed by atoms with Gasteiger partial charge in [0.15, 0.2) is 0 Å². The number of piperidine rings is 1. The van der Waals surface area contributed by atoms with Gasteiger partial charge >= 0.3 is 0 Å². The zero-order valence-corrected chi connectivity index (χ0v) is 14.5. The lowest BCUT2D eigenvalue weighted by atomic mass is 10.1. The van der Waals surface area contributed by atoms with Gasteiger partial charge in [-0.3, -0.25) is 9.48 Å². The van der Waals surface area contributed by atoms with Gasteiger partial charge in [0.2, 0.25) is 5.91 Å². The van der Waals surface area contributed by atoms with E-state index < -0.39 is 0 Å². The van der Waals surface area contributed by atoms with Crippen molar-refractivity contribution in [3.05, 3.63) is 17.5 Å². The lowest BCUT2D eigenvalue weighted by Crippen LogP contribution is -2.46. The Morgan fingerprint density at radius 2 is 2.24 bits per heavy atom. The number of carbonyl (C=O) groups excluding carboxylic acids is 1. The molecule has 2 heterocycles. The van der Waals surface area contributed by atoms with Crippen molar-refractivity contribution < 1.29 is 4.79 Å². The summed E-state index contributed by atoms with van der Waals surface area (Å²) in [6.07, 6.45) is 2.70. The minimum absolute atomic E-state index is 0. The maximum atomic E-state index is 12.0. The van der Waals surface area contributed by atoms with Crippen LogP contribution in [0, 0.1) is 13.8 Å². The fourth-order valence-corrected chi connectivity index (χ4v) is 2.71. The van der Waals surface area contributed by atoms with Crippen LogP contribution in [0.15, 0.2) is 6.07 Å². The Kier molecular flexibility index (Phi) is 8.94. The van der Waals surface area contributed by atoms with Crippen LogP contribution in [-0.2, 0) is 4.79 Å². The molecule has 5 nitrogen and oxygen atoms in total. The van der Waals surface area contributed by atoms with Gasteiger partial charge in [-0.25, -0.2) is 0 Å². The van der Waals surface area contributed by atoms with Crippen LogP contribution in [-0.4, -0.2) is 34.8 Å². The Morgan fingerprint density at radius 3 is 2.76 bits per heavy atom. The van der Waals surface area contributed by atoms with Crippen LogP contribution in [0.4, 0.5) is 0 Å². The second-order valence-electron chi connectivity index (χ2n) is 5.54. The number of nitrogens with one attached hydrogen (secondary N) is 2. The van der Waals surface area contributed by atoms with Crippen LogP contribution in [0.5, 0.6) is 0 Å². The van der Waals surface area contributed by atoms with Crippen molar-refractivity contribution in [1.82, 2.24) is 20.4 Å². The number of hydrogen-bond donors (Lipinski definition) is 2. The molecule has 7 heteroatoms. The molecule has 2 atom stereocenters. The van der Waals surface area contributed by atoms with E-state index in [1.165, 1.54) is 0 Å². The zero-order chi connectivity index (χ0) is 13.8. The first kappa shape index (κ1) is 20.2. The number of amides is 1. The molecule has 21 heavy (non-hydrogen) atoms. The quantitative estimate of drug-likeness (QED) is 0.885. The van der Waals surface area contributed by atoms with Crippen molar-refractivity contribution in [1.29, 1.82) is 0 Å². The van der Waals surface area contributed by atoms with Crippen LogP contribution >= 0.6 is 24.8 Å². The van der Waals surface area contributed by atoms with E-state index in [1.54, 1.807) is 0 Å². The highest BCUT2D eigenvalue weighted by molar-refractivity contribution is 5.85. The molecular formula is C14H26Cl2N4O. The minimum Gasteiger partial charge on any atom is -0.352 e. The van der Waals surface area contributed by atoms with Crippen molar-refractivity contribution in [3.63, 3.8) is 0 Å². The highest BCUT2D eigenvalue weighted by Crippen LogP contribution is 2.14. The maximum absolute atomic E-state index is 12.0. The molecule has 1 unspecified atom stereocenters. The number of rotatable bonds is 4. The first-order valence-corrected chi connectivity index (χ1v) is 7.09. The van der Waals surface area contributed by atoms with Crippen molar-refractivity contribution in [3.8, 4) is 0 Å². The normalized spacial score (nSPS) is 19.1. The topological polar surface area (TPSA) is 59.0 Å². The fourth-order valence-electron chi connectivity index (χ4n) is 2.71. The number of halogens is 2. The summed E-state index contributed by atoms with van der Waals surface area (Å²) in [5.41, 5.74) is 2.11. The SMILES string of the molecule is Cc1cc(C)n(C(C)CC(=O)N[C@H]2CCCNC2)n1.Cl.Cl. The van der Waals surface area contributed by atoms with Crippen molar-refractivity contribution in [2.75, 3.05) is 13.1 Å². The van der Waals surface area contributed by atoms with E-state index in [2.05, 4.69) is 15.7 Å². The van der Waals surface area contributed by atoms with Gasteiger partial charge in [0.05, 0.1) is 11.7 Å². The second kappa shape index (κ2) is 9.28. The maximum Gasteiger partial charge on any atom is 0.222 e. The molecule has 1 fully saturated rings. The van der Waals surface area contributed by atoms with Crippen LogP contribution in [0.2, 0.25) is 0 Å². The Balaban J connectivity index is 0.00000200.